The Morgan fingerprint density at radius 3 is 1.23 bits per heavy atom. The Labute approximate surface area is 465 Å². The predicted octanol–water partition coefficient (Wildman–Crippen LogP) is 17.6. The normalized spacial score (nSPS) is 11.7. The summed E-state index contributed by atoms with van der Waals surface area (Å²) >= 11 is -0.242. The second-order valence-corrected chi connectivity index (χ2v) is 27.6. The van der Waals surface area contributed by atoms with Crippen molar-refractivity contribution in [3.05, 3.63) is 303 Å². The van der Waals surface area contributed by atoms with Gasteiger partial charge >= 0.3 is 413 Å². The summed E-state index contributed by atoms with van der Waals surface area (Å²) in [4.78, 5) is 0. The van der Waals surface area contributed by atoms with Crippen LogP contribution in [0.5, 0.6) is 0 Å². The third kappa shape index (κ3) is 9.25. The fraction of sp³-hybridized carbons (Fsp3) is 0.0270. The minimum atomic E-state index is -3.77. The van der Waals surface area contributed by atoms with E-state index in [1.807, 2.05) is 12.1 Å². The van der Waals surface area contributed by atoms with Crippen molar-refractivity contribution in [1.29, 1.82) is 0 Å². The molecule has 11 aromatic carbocycles. The van der Waals surface area contributed by atoms with E-state index in [1.165, 1.54) is 34.3 Å². The molecule has 2 heterocycles. The Bertz CT molecular complexity index is 4200. The van der Waals surface area contributed by atoms with Gasteiger partial charge in [0.15, 0.2) is 0 Å². The van der Waals surface area contributed by atoms with Crippen LogP contribution in [0.1, 0.15) is 16.9 Å². The molecule has 0 radical (unpaired) electrons. The average Bonchev–Trinajstić information content (AvgIpc) is 4.06. The third-order valence-electron chi connectivity index (χ3n) is 15.2. The number of thiol groups is 1. The van der Waals surface area contributed by atoms with Crippen LogP contribution < -0.4 is 17.6 Å². The van der Waals surface area contributed by atoms with Crippen molar-refractivity contribution in [2.24, 2.45) is 0 Å². The van der Waals surface area contributed by atoms with Crippen LogP contribution in [0.15, 0.2) is 294 Å². The van der Waals surface area contributed by atoms with E-state index in [2.05, 4.69) is 299 Å². The van der Waals surface area contributed by atoms with Gasteiger partial charge in [-0.15, -0.1) is 0 Å². The van der Waals surface area contributed by atoms with Crippen LogP contribution in [0.2, 0.25) is 0 Å². The Morgan fingerprint density at radius 2 is 0.756 bits per heavy atom. The van der Waals surface area contributed by atoms with Gasteiger partial charge in [0, 0.05) is 0 Å². The van der Waals surface area contributed by atoms with Crippen LogP contribution in [0.3, 0.4) is 0 Å². The zero-order chi connectivity index (χ0) is 53.0. The third-order valence-corrected chi connectivity index (χ3v) is 25.3. The molecule has 2 aromatic heterocycles. The molecule has 13 aromatic rings. The van der Waals surface area contributed by atoms with E-state index < -0.39 is 13.3 Å². The molecule has 0 atom stereocenters. The van der Waals surface area contributed by atoms with Gasteiger partial charge in [-0.2, -0.15) is 12.6 Å². The Kier molecular flexibility index (Phi) is 14.1. The first-order valence-electron chi connectivity index (χ1n) is 26.4. The molecule has 374 valence electrons. The van der Waals surface area contributed by atoms with E-state index in [1.54, 1.807) is 6.26 Å². The smallest absolute Gasteiger partial charge is 0.183 e. The number of allylic oxidation sites excluding steroid dienone is 2. The molecule has 0 amide bonds. The molecule has 0 N–H and O–H groups in total. The van der Waals surface area contributed by atoms with Gasteiger partial charge in [0.1, 0.15) is 0 Å². The van der Waals surface area contributed by atoms with Crippen LogP contribution >= 0.6 is 12.6 Å². The molecule has 78 heavy (non-hydrogen) atoms. The molecule has 2 nitrogen and oxygen atoms in total. The van der Waals surface area contributed by atoms with Crippen molar-refractivity contribution in [2.45, 2.75) is 6.92 Å². The fourth-order valence-corrected chi connectivity index (χ4v) is 21.3. The van der Waals surface area contributed by atoms with Crippen LogP contribution in [0, 0.1) is 6.92 Å². The summed E-state index contributed by atoms with van der Waals surface area (Å²) in [6.07, 6.45) is 5.85. The van der Waals surface area contributed by atoms with Gasteiger partial charge < -0.3 is 0 Å². The topological polar surface area (TPSA) is 26.3 Å². The van der Waals surface area contributed by atoms with Gasteiger partial charge in [-0.05, 0) is 6.26 Å². The molecule has 0 fully saturated rings. The summed E-state index contributed by atoms with van der Waals surface area (Å²) in [5.74, 6) is 0.865. The first kappa shape index (κ1) is 50.0. The second kappa shape index (κ2) is 22.0. The summed E-state index contributed by atoms with van der Waals surface area (Å²) in [7, 11) is 0. The molecular weight excluding hydrogens is 1030 g/mol. The molecule has 4 heteroatoms. The summed E-state index contributed by atoms with van der Waals surface area (Å²) in [6, 6.07) is 99.5. The van der Waals surface area contributed by atoms with Crippen LogP contribution in [0.4, 0.5) is 0 Å². The second-order valence-electron chi connectivity index (χ2n) is 19.6. The molecule has 0 aliphatic heterocycles. The standard InChI is InChI=1S/C73H52GeO2.CH4S/c1-3-51(52-22-10-4-11-23-52)44-65-50(2)75-72-66(46-59(48-69(65)72)54-26-14-6-15-27-54)56-34-39-63(40-35-56)74(61-30-18-8-19-31-61,62-32-20-9-21-33-62)64-41-36-57(37-42-64)67-47-60(55-28-16-7-17-29-55)49-70-68-45-58(53-24-12-5-13-25-53)38-43-71(68)76-73(67)70;1-2/h3-49H,1H2,2H3;2H,1H3/b51-44+;. The van der Waals surface area contributed by atoms with Crippen molar-refractivity contribution in [3.8, 4) is 55.6 Å². The van der Waals surface area contributed by atoms with Gasteiger partial charge in [0.25, 0.3) is 0 Å². The monoisotopic (exact) mass is 1080 g/mol. The van der Waals surface area contributed by atoms with Crippen molar-refractivity contribution < 1.29 is 8.83 Å². The molecule has 0 bridgehead atoms. The summed E-state index contributed by atoms with van der Waals surface area (Å²) in [5, 5.41) is 3.28. The molecule has 0 saturated heterocycles. The molecule has 0 unspecified atom stereocenters. The van der Waals surface area contributed by atoms with Crippen molar-refractivity contribution in [1.82, 2.24) is 0 Å². The maximum atomic E-state index is 6.88. The number of aryl methyl sites for hydroxylation is 1. The quantitative estimate of drug-likeness (QED) is 0.0750. The van der Waals surface area contributed by atoms with Crippen LogP contribution in [0.25, 0.3) is 100 Å². The van der Waals surface area contributed by atoms with E-state index in [0.717, 1.165) is 94.3 Å². The number of benzene rings is 11. The van der Waals surface area contributed by atoms with Gasteiger partial charge in [0.2, 0.25) is 0 Å². The van der Waals surface area contributed by atoms with Gasteiger partial charge in [-0.1, -0.05) is 36.4 Å². The summed E-state index contributed by atoms with van der Waals surface area (Å²) < 4.78 is 19.1. The van der Waals surface area contributed by atoms with E-state index in [9.17, 15) is 0 Å². The van der Waals surface area contributed by atoms with E-state index in [-0.39, 0.29) is 0 Å². The zero-order valence-corrected chi connectivity index (χ0v) is 46.6. The minimum absolute atomic E-state index is 0.865. The first-order chi connectivity index (χ1) is 38.5. The van der Waals surface area contributed by atoms with E-state index in [0.29, 0.717) is 0 Å². The Morgan fingerprint density at radius 1 is 0.372 bits per heavy atom. The predicted molar refractivity (Wildman–Crippen MR) is 338 cm³/mol. The zero-order valence-electron chi connectivity index (χ0n) is 43.6. The summed E-state index contributed by atoms with van der Waals surface area (Å²) in [5.41, 5.74) is 17.1. The van der Waals surface area contributed by atoms with Crippen LogP contribution in [-0.2, 0) is 0 Å². The number of furan rings is 2. The Hall–Kier alpha value is -8.87. The van der Waals surface area contributed by atoms with Crippen molar-refractivity contribution >= 4 is 88.0 Å². The first-order valence-corrected chi connectivity index (χ1v) is 31.5. The van der Waals surface area contributed by atoms with E-state index in [4.69, 9.17) is 8.83 Å². The minimum Gasteiger partial charge on any atom is -0.183 e. The van der Waals surface area contributed by atoms with Crippen molar-refractivity contribution in [3.63, 3.8) is 0 Å². The number of rotatable bonds is 12. The SMILES string of the molecule is C=C/C(=C\c1c(C)oc2c(-c3cc[c]([Ge]([c]4ccccc4)([c]4ccccc4)[c]4ccc(-c5cc(-c6ccccc6)cc6c5oc5ccc(-c7ccccc7)cc56)cc4)cc3)cc(-c3ccccc3)cc12)c1ccccc1.CS. The molecule has 0 spiro atoms. The average molecular weight is 1080 g/mol. The molecule has 0 aliphatic carbocycles. The van der Waals surface area contributed by atoms with E-state index >= 15 is 0 Å². The molecule has 0 saturated carbocycles. The fourth-order valence-electron chi connectivity index (χ4n) is 11.4. The number of hydrogen-bond acceptors (Lipinski definition) is 3. The molecular formula is C74H56GeO2S. The van der Waals surface area contributed by atoms with Crippen molar-refractivity contribution in [2.75, 3.05) is 6.26 Å². The number of fused-ring (bicyclic) bond motifs is 4. The molecule has 13 rings (SSSR count). The Balaban J connectivity index is 0.00000301. The van der Waals surface area contributed by atoms with Gasteiger partial charge in [-0.3, -0.25) is 0 Å². The molecule has 0 aliphatic rings. The van der Waals surface area contributed by atoms with Crippen LogP contribution in [-0.4, -0.2) is 19.5 Å². The van der Waals surface area contributed by atoms with Gasteiger partial charge in [-0.25, -0.2) is 0 Å². The van der Waals surface area contributed by atoms with Gasteiger partial charge in [0.05, 0.1) is 0 Å². The maximum absolute atomic E-state index is 6.88. The number of hydrogen-bond donors (Lipinski definition) is 1. The summed E-state index contributed by atoms with van der Waals surface area (Å²) in [6.45, 7) is 6.28.